The van der Waals surface area contributed by atoms with Gasteiger partial charge < -0.3 is 0 Å². The van der Waals surface area contributed by atoms with E-state index in [1.807, 2.05) is 49.4 Å². The monoisotopic (exact) mass is 446 g/mol. The summed E-state index contributed by atoms with van der Waals surface area (Å²) in [4.78, 5) is 0. The molecule has 0 amide bonds. The molecule has 3 aromatic rings. The van der Waals surface area contributed by atoms with E-state index in [1.165, 1.54) is 5.56 Å². The molecule has 1 atom stereocenters. The molecular weight excluding hydrogens is 417 g/mol. The first-order chi connectivity index (χ1) is 16.0. The fourth-order valence-corrected chi connectivity index (χ4v) is 4.34. The van der Waals surface area contributed by atoms with Crippen LogP contribution in [0.2, 0.25) is 0 Å². The molecule has 33 heavy (non-hydrogen) atoms. The molecule has 1 unspecified atom stereocenters. The van der Waals surface area contributed by atoms with Crippen LogP contribution >= 0.6 is 0 Å². The zero-order valence-corrected chi connectivity index (χ0v) is 19.2. The van der Waals surface area contributed by atoms with Crippen molar-refractivity contribution in [2.24, 2.45) is 5.92 Å². The first-order valence-electron chi connectivity index (χ1n) is 11.7. The largest absolute Gasteiger partial charge is 0.207 e. The smallest absolute Gasteiger partial charge is 0.167 e. The summed E-state index contributed by atoms with van der Waals surface area (Å²) in [5.74, 6) is -1.55. The summed E-state index contributed by atoms with van der Waals surface area (Å²) in [5.41, 5.74) is 4.77. The van der Waals surface area contributed by atoms with Crippen LogP contribution < -0.4 is 0 Å². The second-order valence-corrected chi connectivity index (χ2v) is 8.89. The molecule has 0 radical (unpaired) electrons. The summed E-state index contributed by atoms with van der Waals surface area (Å²) in [6.07, 6.45) is 7.86. The highest BCUT2D eigenvalue weighted by Gasteiger charge is 2.16. The van der Waals surface area contributed by atoms with E-state index in [1.54, 1.807) is 30.3 Å². The molecule has 0 N–H and O–H groups in total. The highest BCUT2D eigenvalue weighted by atomic mass is 19.2. The molecule has 170 valence electrons. The van der Waals surface area contributed by atoms with E-state index in [2.05, 4.69) is 6.92 Å². The van der Waals surface area contributed by atoms with Crippen molar-refractivity contribution in [3.63, 3.8) is 0 Å². The predicted octanol–water partition coefficient (Wildman–Crippen LogP) is 9.00. The van der Waals surface area contributed by atoms with Crippen molar-refractivity contribution in [3.8, 4) is 22.3 Å². The van der Waals surface area contributed by atoms with Gasteiger partial charge in [0.1, 0.15) is 5.83 Å². The van der Waals surface area contributed by atoms with Crippen LogP contribution in [0, 0.1) is 17.6 Å². The molecule has 0 bridgehead atoms. The minimum atomic E-state index is -0.841. The summed E-state index contributed by atoms with van der Waals surface area (Å²) in [6.45, 7) is 4.11. The molecule has 0 nitrogen and oxygen atoms in total. The molecule has 0 fully saturated rings. The molecule has 3 aromatic carbocycles. The third-order valence-corrected chi connectivity index (χ3v) is 6.31. The maximum atomic E-state index is 15.0. The minimum absolute atomic E-state index is 0.122. The van der Waals surface area contributed by atoms with Crippen molar-refractivity contribution in [1.29, 1.82) is 0 Å². The number of benzene rings is 3. The van der Waals surface area contributed by atoms with Crippen LogP contribution in [0.5, 0.6) is 0 Å². The van der Waals surface area contributed by atoms with Crippen LogP contribution in [-0.4, -0.2) is 0 Å². The molecule has 0 aromatic heterocycles. The number of rotatable bonds is 7. The van der Waals surface area contributed by atoms with Crippen molar-refractivity contribution < 1.29 is 13.2 Å². The lowest BCUT2D eigenvalue weighted by molar-refractivity contribution is 0.514. The van der Waals surface area contributed by atoms with Crippen molar-refractivity contribution >= 4 is 0 Å². The number of hydrogen-bond acceptors (Lipinski definition) is 0. The average Bonchev–Trinajstić information content (AvgIpc) is 2.82. The summed E-state index contributed by atoms with van der Waals surface area (Å²) < 4.78 is 44.0. The van der Waals surface area contributed by atoms with E-state index in [9.17, 15) is 13.2 Å². The van der Waals surface area contributed by atoms with Gasteiger partial charge in [0, 0.05) is 11.1 Å². The summed E-state index contributed by atoms with van der Waals surface area (Å²) in [6, 6.07) is 18.3. The minimum Gasteiger partial charge on any atom is -0.207 e. The quantitative estimate of drug-likeness (QED) is 0.340. The van der Waals surface area contributed by atoms with E-state index >= 15 is 0 Å². The van der Waals surface area contributed by atoms with E-state index in [0.717, 1.165) is 30.4 Å². The molecule has 1 aliphatic rings. The van der Waals surface area contributed by atoms with Crippen LogP contribution in [0.1, 0.15) is 44.2 Å². The Hall–Kier alpha value is -3.07. The molecule has 0 saturated heterocycles. The second-order valence-electron chi connectivity index (χ2n) is 8.89. The van der Waals surface area contributed by atoms with Gasteiger partial charge in [0.25, 0.3) is 0 Å². The molecule has 0 aliphatic heterocycles. The molecule has 4 rings (SSSR count). The Morgan fingerprint density at radius 1 is 0.697 bits per heavy atom. The zero-order valence-electron chi connectivity index (χ0n) is 19.2. The topological polar surface area (TPSA) is 0 Å². The number of hydrogen-bond donors (Lipinski definition) is 0. The molecule has 0 heterocycles. The first kappa shape index (κ1) is 23.1. The Labute approximate surface area is 194 Å². The zero-order chi connectivity index (χ0) is 23.4. The summed E-state index contributed by atoms with van der Waals surface area (Å²) >= 11 is 0. The van der Waals surface area contributed by atoms with Crippen molar-refractivity contribution in [3.05, 3.63) is 107 Å². The molecule has 0 spiro atoms. The Morgan fingerprint density at radius 2 is 1.21 bits per heavy atom. The maximum Gasteiger partial charge on any atom is 0.167 e. The van der Waals surface area contributed by atoms with Crippen LogP contribution in [0.25, 0.3) is 22.3 Å². The van der Waals surface area contributed by atoms with Gasteiger partial charge in [-0.25, -0.2) is 13.2 Å². The van der Waals surface area contributed by atoms with Crippen molar-refractivity contribution in [2.75, 3.05) is 0 Å². The Bertz CT molecular complexity index is 1170. The lowest BCUT2D eigenvalue weighted by Gasteiger charge is -2.14. The van der Waals surface area contributed by atoms with Crippen LogP contribution in [-0.2, 0) is 12.8 Å². The van der Waals surface area contributed by atoms with Gasteiger partial charge in [-0.2, -0.15) is 0 Å². The maximum absolute atomic E-state index is 15.0. The van der Waals surface area contributed by atoms with Gasteiger partial charge in [-0.05, 0) is 65.5 Å². The summed E-state index contributed by atoms with van der Waals surface area (Å²) in [5, 5.41) is 0. The van der Waals surface area contributed by atoms with E-state index in [-0.39, 0.29) is 22.9 Å². The SMILES string of the molecule is CCCc1ccc(-c2ccc(-c3ccc(CCC4=CCC(C)C=C4F)cc3)c(F)c2F)cc1. The second kappa shape index (κ2) is 10.2. The molecule has 3 heteroatoms. The van der Waals surface area contributed by atoms with Gasteiger partial charge in [-0.3, -0.25) is 0 Å². The summed E-state index contributed by atoms with van der Waals surface area (Å²) in [7, 11) is 0. The van der Waals surface area contributed by atoms with Gasteiger partial charge in [-0.15, -0.1) is 0 Å². The normalized spacial score (nSPS) is 15.8. The van der Waals surface area contributed by atoms with Crippen LogP contribution in [0.4, 0.5) is 13.2 Å². The van der Waals surface area contributed by atoms with Gasteiger partial charge in [0.2, 0.25) is 0 Å². The Kier molecular flexibility index (Phi) is 7.17. The third-order valence-electron chi connectivity index (χ3n) is 6.31. The van der Waals surface area contributed by atoms with Crippen LogP contribution in [0.15, 0.2) is 84.2 Å². The highest BCUT2D eigenvalue weighted by Crippen LogP contribution is 2.32. The van der Waals surface area contributed by atoms with Crippen molar-refractivity contribution in [1.82, 2.24) is 0 Å². The predicted molar refractivity (Wildman–Crippen MR) is 131 cm³/mol. The average molecular weight is 447 g/mol. The number of allylic oxidation sites excluding steroid dienone is 4. The highest BCUT2D eigenvalue weighted by molar-refractivity contribution is 5.72. The molecule has 1 aliphatic carbocycles. The third kappa shape index (κ3) is 5.30. The van der Waals surface area contributed by atoms with Gasteiger partial charge >= 0.3 is 0 Å². The van der Waals surface area contributed by atoms with Crippen molar-refractivity contribution in [2.45, 2.75) is 46.0 Å². The van der Waals surface area contributed by atoms with Gasteiger partial charge in [0.05, 0.1) is 0 Å². The lowest BCUT2D eigenvalue weighted by atomic mass is 9.93. The van der Waals surface area contributed by atoms with E-state index in [0.29, 0.717) is 24.0 Å². The fraction of sp³-hybridized carbons (Fsp3) is 0.267. The molecule has 0 saturated carbocycles. The van der Waals surface area contributed by atoms with E-state index in [4.69, 9.17) is 0 Å². The Balaban J connectivity index is 1.49. The van der Waals surface area contributed by atoms with E-state index < -0.39 is 11.6 Å². The standard InChI is InChI=1S/C30H29F3/c1-3-4-21-6-12-23(13-7-21)26-17-18-27(30(33)29(26)32)24-14-8-22(9-15-24)10-16-25-11-5-20(2)19-28(25)31/h6-9,11-15,17-20H,3-5,10,16H2,1-2H3. The molecular formula is C30H29F3. The lowest BCUT2D eigenvalue weighted by Crippen LogP contribution is -2.00. The number of aryl methyl sites for hydroxylation is 2. The Morgan fingerprint density at radius 3 is 1.70 bits per heavy atom. The number of halogens is 3. The van der Waals surface area contributed by atoms with Crippen LogP contribution in [0.3, 0.4) is 0 Å². The van der Waals surface area contributed by atoms with Gasteiger partial charge in [-0.1, -0.05) is 87.0 Å². The van der Waals surface area contributed by atoms with Gasteiger partial charge in [0.15, 0.2) is 11.6 Å². The first-order valence-corrected chi connectivity index (χ1v) is 11.7. The fourth-order valence-electron chi connectivity index (χ4n) is 4.34.